The lowest BCUT2D eigenvalue weighted by molar-refractivity contribution is -0.224. The highest BCUT2D eigenvalue weighted by atomic mass is 16.5. The van der Waals surface area contributed by atoms with Gasteiger partial charge in [-0.1, -0.05) is 65.0 Å². The molecule has 7 rings (SSSR count). The first-order valence-corrected chi connectivity index (χ1v) is 17.4. The molecule has 1 aromatic carbocycles. The van der Waals surface area contributed by atoms with Gasteiger partial charge in [0.2, 0.25) is 5.91 Å². The molecular weight excluding hydrogens is 544 g/mol. The number of carbonyl (C=O) groups is 2. The van der Waals surface area contributed by atoms with Gasteiger partial charge in [-0.15, -0.1) is 0 Å². The third kappa shape index (κ3) is 3.70. The number of nitrogens with one attached hydrogen (secondary N) is 2. The van der Waals surface area contributed by atoms with E-state index in [-0.39, 0.29) is 46.0 Å². The summed E-state index contributed by atoms with van der Waals surface area (Å²) in [6.45, 7) is 19.6. The van der Waals surface area contributed by atoms with Crippen LogP contribution in [0.3, 0.4) is 0 Å². The molecule has 4 fully saturated rings. The molecule has 1 heterocycles. The van der Waals surface area contributed by atoms with Crippen molar-refractivity contribution in [1.82, 2.24) is 10.3 Å². The van der Waals surface area contributed by atoms with Crippen molar-refractivity contribution >= 4 is 22.8 Å². The Kier molecular flexibility index (Phi) is 6.65. The van der Waals surface area contributed by atoms with E-state index < -0.39 is 5.41 Å². The van der Waals surface area contributed by atoms with E-state index >= 15 is 0 Å². The van der Waals surface area contributed by atoms with E-state index in [2.05, 4.69) is 82.7 Å². The van der Waals surface area contributed by atoms with E-state index in [1.807, 2.05) is 0 Å². The van der Waals surface area contributed by atoms with Gasteiger partial charge < -0.3 is 15.0 Å². The largest absolute Gasteiger partial charge is 0.468 e. The van der Waals surface area contributed by atoms with Crippen molar-refractivity contribution in [3.05, 3.63) is 47.7 Å². The first-order valence-electron chi connectivity index (χ1n) is 17.4. The highest BCUT2D eigenvalue weighted by molar-refractivity contribution is 5.87. The Hall–Kier alpha value is -2.56. The molecule has 5 aliphatic rings. The number of methoxy groups -OCH3 is 1. The van der Waals surface area contributed by atoms with E-state index in [1.165, 1.54) is 55.0 Å². The molecule has 0 aliphatic heterocycles. The number of ether oxygens (including phenoxy) is 1. The molecular formula is C39H54N2O3. The highest BCUT2D eigenvalue weighted by Crippen LogP contribution is 2.77. The van der Waals surface area contributed by atoms with Crippen molar-refractivity contribution in [3.8, 4) is 0 Å². The summed E-state index contributed by atoms with van der Waals surface area (Å²) in [6.07, 6.45) is 9.99. The zero-order valence-electron chi connectivity index (χ0n) is 28.2. The molecule has 9 atom stereocenters. The minimum absolute atomic E-state index is 0.0470. The number of hydrogen-bond donors (Lipinski definition) is 2. The minimum atomic E-state index is -0.419. The molecule has 4 saturated carbocycles. The summed E-state index contributed by atoms with van der Waals surface area (Å²) >= 11 is 0. The predicted octanol–water partition coefficient (Wildman–Crippen LogP) is 8.13. The van der Waals surface area contributed by atoms with Gasteiger partial charge in [0.25, 0.3) is 0 Å². The van der Waals surface area contributed by atoms with Crippen molar-refractivity contribution in [2.75, 3.05) is 13.7 Å². The number of carbonyl (C=O) groups excluding carboxylic acids is 2. The fourth-order valence-corrected chi connectivity index (χ4v) is 13.2. The number of hydrogen-bond acceptors (Lipinski definition) is 3. The average Bonchev–Trinajstić information content (AvgIpc) is 3.56. The fourth-order valence-electron chi connectivity index (χ4n) is 13.2. The van der Waals surface area contributed by atoms with Gasteiger partial charge in [-0.2, -0.15) is 0 Å². The number of aromatic amines is 1. The lowest BCUT2D eigenvalue weighted by Crippen LogP contribution is -2.67. The van der Waals surface area contributed by atoms with Crippen LogP contribution in [0, 0.1) is 51.2 Å². The molecule has 0 unspecified atom stereocenters. The fraction of sp³-hybridized carbons (Fsp3) is 0.692. The summed E-state index contributed by atoms with van der Waals surface area (Å²) in [5, 5.41) is 4.44. The molecule has 2 N–H and O–H groups in total. The molecule has 1 amide bonds. The molecule has 0 bridgehead atoms. The summed E-state index contributed by atoms with van der Waals surface area (Å²) in [5.74, 6) is 2.08. The van der Waals surface area contributed by atoms with Gasteiger partial charge in [0.05, 0.1) is 12.5 Å². The van der Waals surface area contributed by atoms with Crippen LogP contribution in [0.25, 0.3) is 10.9 Å². The van der Waals surface area contributed by atoms with Crippen LogP contribution in [-0.4, -0.2) is 30.5 Å². The van der Waals surface area contributed by atoms with E-state index in [1.54, 1.807) is 5.56 Å². The van der Waals surface area contributed by atoms with Crippen LogP contribution in [0.4, 0.5) is 0 Å². The van der Waals surface area contributed by atoms with E-state index in [4.69, 9.17) is 4.74 Å². The Bertz CT molecular complexity index is 1540. The predicted molar refractivity (Wildman–Crippen MR) is 176 cm³/mol. The number of fused-ring (bicyclic) bond motifs is 10. The second-order valence-corrected chi connectivity index (χ2v) is 17.0. The number of allylic oxidation sites excluding steroid dienone is 1. The topological polar surface area (TPSA) is 71.2 Å². The smallest absolute Gasteiger partial charge is 0.325 e. The van der Waals surface area contributed by atoms with Gasteiger partial charge in [0.15, 0.2) is 0 Å². The van der Waals surface area contributed by atoms with Gasteiger partial charge in [-0.05, 0) is 122 Å². The molecule has 5 nitrogen and oxygen atoms in total. The molecule has 5 aliphatic carbocycles. The second-order valence-electron chi connectivity index (χ2n) is 17.0. The molecule has 1 aromatic heterocycles. The van der Waals surface area contributed by atoms with E-state index in [0.717, 1.165) is 32.1 Å². The normalized spacial score (nSPS) is 41.8. The lowest BCUT2D eigenvalue weighted by atomic mass is 9.32. The van der Waals surface area contributed by atoms with Gasteiger partial charge >= 0.3 is 5.97 Å². The van der Waals surface area contributed by atoms with Crippen LogP contribution in [-0.2, 0) is 26.2 Å². The van der Waals surface area contributed by atoms with Crippen LogP contribution >= 0.6 is 0 Å². The van der Waals surface area contributed by atoms with Crippen molar-refractivity contribution in [1.29, 1.82) is 0 Å². The quantitative estimate of drug-likeness (QED) is 0.276. The molecule has 238 valence electrons. The number of benzene rings is 1. The van der Waals surface area contributed by atoms with Crippen molar-refractivity contribution in [3.63, 3.8) is 0 Å². The van der Waals surface area contributed by atoms with Crippen molar-refractivity contribution < 1.29 is 14.3 Å². The van der Waals surface area contributed by atoms with E-state index in [0.29, 0.717) is 23.7 Å². The summed E-state index contributed by atoms with van der Waals surface area (Å²) in [5.41, 5.74) is 5.80. The maximum atomic E-state index is 14.1. The average molecular weight is 599 g/mol. The summed E-state index contributed by atoms with van der Waals surface area (Å²) < 4.78 is 4.87. The molecule has 5 heteroatoms. The third-order valence-corrected chi connectivity index (χ3v) is 15.3. The van der Waals surface area contributed by atoms with Crippen LogP contribution in [0.15, 0.2) is 36.4 Å². The number of rotatable bonds is 4. The lowest BCUT2D eigenvalue weighted by Gasteiger charge is -2.72. The Labute approximate surface area is 264 Å². The molecule has 0 radical (unpaired) electrons. The molecule has 0 saturated heterocycles. The van der Waals surface area contributed by atoms with Gasteiger partial charge in [-0.25, -0.2) is 0 Å². The highest BCUT2D eigenvalue weighted by Gasteiger charge is 2.71. The Morgan fingerprint density at radius 1 is 0.955 bits per heavy atom. The van der Waals surface area contributed by atoms with E-state index in [9.17, 15) is 9.59 Å². The molecule has 44 heavy (non-hydrogen) atoms. The number of H-pyrrole nitrogens is 1. The van der Waals surface area contributed by atoms with Crippen LogP contribution in [0.2, 0.25) is 0 Å². The zero-order chi connectivity index (χ0) is 31.4. The van der Waals surface area contributed by atoms with Gasteiger partial charge in [-0.3, -0.25) is 9.59 Å². The van der Waals surface area contributed by atoms with Crippen molar-refractivity contribution in [2.24, 2.45) is 51.2 Å². The summed E-state index contributed by atoms with van der Waals surface area (Å²) in [4.78, 5) is 30.0. The number of para-hydroxylation sites is 1. The number of amides is 1. The Morgan fingerprint density at radius 2 is 1.70 bits per heavy atom. The summed E-state index contributed by atoms with van der Waals surface area (Å²) in [6, 6.07) is 8.94. The first kappa shape index (κ1) is 30.1. The maximum Gasteiger partial charge on any atom is 0.325 e. The van der Waals surface area contributed by atoms with Crippen LogP contribution in [0.1, 0.15) is 104 Å². The molecule has 0 spiro atoms. The minimum Gasteiger partial charge on any atom is -0.468 e. The Balaban J connectivity index is 1.28. The monoisotopic (exact) mass is 598 g/mol. The van der Waals surface area contributed by atoms with Gasteiger partial charge in [0.1, 0.15) is 6.54 Å². The summed E-state index contributed by atoms with van der Waals surface area (Å²) in [7, 11) is 1.38. The SMILES string of the molecule is C=C(C)[C@@H]1CC[C@]2(C(=O)NCC(=O)OC)CC[C@]3(C)[C@H](CC[C@@H]4[C@@]5(C)Cc6c([nH]c7ccccc67)C(C)(C)[C@@H]5CC[C@]43C)[C@@H]12. The van der Waals surface area contributed by atoms with Crippen LogP contribution in [0.5, 0.6) is 0 Å². The van der Waals surface area contributed by atoms with Gasteiger partial charge in [0, 0.05) is 22.0 Å². The number of esters is 1. The zero-order valence-corrected chi connectivity index (χ0v) is 28.2. The third-order valence-electron chi connectivity index (χ3n) is 15.3. The maximum absolute atomic E-state index is 14.1. The first-order chi connectivity index (χ1) is 20.7. The van der Waals surface area contributed by atoms with Crippen molar-refractivity contribution in [2.45, 2.75) is 105 Å². The van der Waals surface area contributed by atoms with Crippen LogP contribution < -0.4 is 5.32 Å². The second kappa shape index (κ2) is 9.72. The molecule has 2 aromatic rings. The standard InChI is InChI=1S/C39H54N2O3/c1-23(2)24-15-18-39(34(43)40-22-31(42)44-8)20-19-37(6)27(32(24)39)13-14-30-36(5)21-26-25-11-9-10-12-28(25)41-33(26)35(3,4)29(36)16-17-38(30,37)7/h9-12,24,27,29-30,32,41H,1,13-22H2,2-8H3,(H,40,43)/t24-,27+,29-,30+,32+,36-,37+,38+,39-/m0/s1. The number of aromatic nitrogens is 1. The Morgan fingerprint density at radius 3 is 2.43 bits per heavy atom.